The zero-order valence-electron chi connectivity index (χ0n) is 13.8. The molecular weight excluding hydrogens is 288 g/mol. The zero-order valence-corrected chi connectivity index (χ0v) is 13.8. The Morgan fingerprint density at radius 1 is 1.04 bits per heavy atom. The quantitative estimate of drug-likeness (QED) is 0.785. The highest BCUT2D eigenvalue weighted by molar-refractivity contribution is 5.73. The van der Waals surface area contributed by atoms with Gasteiger partial charge < -0.3 is 9.84 Å². The van der Waals surface area contributed by atoms with E-state index in [9.17, 15) is 9.90 Å². The summed E-state index contributed by atoms with van der Waals surface area (Å²) in [5.41, 5.74) is 3.39. The van der Waals surface area contributed by atoms with Gasteiger partial charge in [-0.1, -0.05) is 55.3 Å². The number of hydrogen-bond acceptors (Lipinski definition) is 2. The van der Waals surface area contributed by atoms with Crippen molar-refractivity contribution in [3.63, 3.8) is 0 Å². The molecule has 0 saturated heterocycles. The Hall–Kier alpha value is -2.29. The van der Waals surface area contributed by atoms with Crippen LogP contribution in [0.4, 0.5) is 0 Å². The van der Waals surface area contributed by atoms with Gasteiger partial charge in [0.1, 0.15) is 5.75 Å². The SMILES string of the molecule is CCCCc1ccc(C[C@H](Oc2ccc(C)cc2)C(=O)O)cc1. The van der Waals surface area contributed by atoms with Crippen LogP contribution in [0, 0.1) is 6.92 Å². The predicted octanol–water partition coefficient (Wildman–Crippen LogP) is 4.41. The molecule has 23 heavy (non-hydrogen) atoms. The summed E-state index contributed by atoms with van der Waals surface area (Å²) in [6.45, 7) is 4.16. The lowest BCUT2D eigenvalue weighted by Gasteiger charge is -2.15. The van der Waals surface area contributed by atoms with Gasteiger partial charge in [-0.3, -0.25) is 0 Å². The van der Waals surface area contributed by atoms with Crippen molar-refractivity contribution in [3.8, 4) is 5.75 Å². The van der Waals surface area contributed by atoms with Crippen molar-refractivity contribution in [2.24, 2.45) is 0 Å². The first kappa shape index (κ1) is 17.1. The molecule has 1 atom stereocenters. The molecule has 0 radical (unpaired) electrons. The maximum Gasteiger partial charge on any atom is 0.345 e. The number of carboxylic acid groups (broad SMARTS) is 1. The van der Waals surface area contributed by atoms with E-state index in [0.29, 0.717) is 12.2 Å². The van der Waals surface area contributed by atoms with Crippen molar-refractivity contribution in [1.82, 2.24) is 0 Å². The summed E-state index contributed by atoms with van der Waals surface area (Å²) in [6.07, 6.45) is 2.90. The van der Waals surface area contributed by atoms with Gasteiger partial charge in [0, 0.05) is 6.42 Å². The molecule has 2 aromatic rings. The third-order valence-electron chi connectivity index (χ3n) is 3.84. The van der Waals surface area contributed by atoms with E-state index in [0.717, 1.165) is 17.5 Å². The minimum absolute atomic E-state index is 0.358. The van der Waals surface area contributed by atoms with Gasteiger partial charge in [0.15, 0.2) is 6.10 Å². The average Bonchev–Trinajstić information content (AvgIpc) is 2.55. The Labute approximate surface area is 137 Å². The molecule has 0 bridgehead atoms. The second-order valence-corrected chi connectivity index (χ2v) is 5.88. The fraction of sp³-hybridized carbons (Fsp3) is 0.350. The standard InChI is InChI=1S/C20H24O3/c1-3-4-5-16-8-10-17(11-9-16)14-19(20(21)22)23-18-12-6-15(2)7-13-18/h6-13,19H,3-5,14H2,1-2H3,(H,21,22)/t19-/m0/s1. The minimum Gasteiger partial charge on any atom is -0.478 e. The summed E-state index contributed by atoms with van der Waals surface area (Å²) in [4.78, 5) is 11.5. The number of rotatable bonds is 8. The number of ether oxygens (including phenoxy) is 1. The van der Waals surface area contributed by atoms with E-state index in [1.807, 2.05) is 31.2 Å². The van der Waals surface area contributed by atoms with Crippen LogP contribution >= 0.6 is 0 Å². The smallest absolute Gasteiger partial charge is 0.345 e. The van der Waals surface area contributed by atoms with E-state index in [-0.39, 0.29) is 0 Å². The van der Waals surface area contributed by atoms with Gasteiger partial charge in [-0.05, 0) is 43.0 Å². The van der Waals surface area contributed by atoms with E-state index in [4.69, 9.17) is 4.74 Å². The molecular formula is C20H24O3. The van der Waals surface area contributed by atoms with Crippen molar-refractivity contribution < 1.29 is 14.6 Å². The summed E-state index contributed by atoms with van der Waals surface area (Å²) in [5.74, 6) is -0.358. The van der Waals surface area contributed by atoms with Crippen molar-refractivity contribution in [3.05, 3.63) is 65.2 Å². The first-order valence-electron chi connectivity index (χ1n) is 8.12. The van der Waals surface area contributed by atoms with Gasteiger partial charge in [0.25, 0.3) is 0 Å². The Morgan fingerprint density at radius 3 is 2.22 bits per heavy atom. The Balaban J connectivity index is 2.01. The predicted molar refractivity (Wildman–Crippen MR) is 92.0 cm³/mol. The van der Waals surface area contributed by atoms with Crippen LogP contribution in [-0.2, 0) is 17.6 Å². The monoisotopic (exact) mass is 312 g/mol. The van der Waals surface area contributed by atoms with Crippen LogP contribution in [0.25, 0.3) is 0 Å². The van der Waals surface area contributed by atoms with Gasteiger partial charge in [0.05, 0.1) is 0 Å². The molecule has 0 heterocycles. The number of unbranched alkanes of at least 4 members (excludes halogenated alkanes) is 1. The molecule has 0 unspecified atom stereocenters. The molecule has 3 nitrogen and oxygen atoms in total. The number of aryl methyl sites for hydroxylation is 2. The molecule has 1 N–H and O–H groups in total. The lowest BCUT2D eigenvalue weighted by molar-refractivity contribution is -0.145. The van der Waals surface area contributed by atoms with Crippen LogP contribution in [0.2, 0.25) is 0 Å². The summed E-state index contributed by atoms with van der Waals surface area (Å²) in [7, 11) is 0. The average molecular weight is 312 g/mol. The fourth-order valence-electron chi connectivity index (χ4n) is 2.40. The highest BCUT2D eigenvalue weighted by Gasteiger charge is 2.20. The topological polar surface area (TPSA) is 46.5 Å². The third-order valence-corrected chi connectivity index (χ3v) is 3.84. The molecule has 0 aliphatic carbocycles. The van der Waals surface area contributed by atoms with Gasteiger partial charge >= 0.3 is 5.97 Å². The van der Waals surface area contributed by atoms with Gasteiger partial charge in [0.2, 0.25) is 0 Å². The first-order valence-corrected chi connectivity index (χ1v) is 8.12. The third kappa shape index (κ3) is 5.44. The molecule has 0 aromatic heterocycles. The molecule has 0 fully saturated rings. The molecule has 0 spiro atoms. The van der Waals surface area contributed by atoms with E-state index in [1.54, 1.807) is 12.1 Å². The van der Waals surface area contributed by atoms with Crippen molar-refractivity contribution >= 4 is 5.97 Å². The molecule has 0 amide bonds. The number of carbonyl (C=O) groups is 1. The van der Waals surface area contributed by atoms with Crippen LogP contribution in [0.3, 0.4) is 0 Å². The van der Waals surface area contributed by atoms with Crippen LogP contribution in [0.1, 0.15) is 36.5 Å². The maximum absolute atomic E-state index is 11.5. The summed E-state index contributed by atoms with van der Waals surface area (Å²) in [5, 5.41) is 9.40. The van der Waals surface area contributed by atoms with Crippen LogP contribution in [0.5, 0.6) is 5.75 Å². The second kappa shape index (κ2) is 8.37. The second-order valence-electron chi connectivity index (χ2n) is 5.88. The lowest BCUT2D eigenvalue weighted by atomic mass is 10.0. The zero-order chi connectivity index (χ0) is 16.7. The molecule has 0 aliphatic heterocycles. The minimum atomic E-state index is -0.944. The maximum atomic E-state index is 11.5. The van der Waals surface area contributed by atoms with Crippen LogP contribution < -0.4 is 4.74 Å². The van der Waals surface area contributed by atoms with Gasteiger partial charge in [-0.2, -0.15) is 0 Å². The lowest BCUT2D eigenvalue weighted by Crippen LogP contribution is -2.29. The Morgan fingerprint density at radius 2 is 1.65 bits per heavy atom. The van der Waals surface area contributed by atoms with Gasteiger partial charge in [-0.15, -0.1) is 0 Å². The van der Waals surface area contributed by atoms with Crippen molar-refractivity contribution in [2.75, 3.05) is 0 Å². The Bertz CT molecular complexity index is 614. The number of aliphatic carboxylic acids is 1. The number of carboxylic acids is 1. The molecule has 0 aliphatic rings. The van der Waals surface area contributed by atoms with Crippen LogP contribution in [-0.4, -0.2) is 17.2 Å². The molecule has 3 heteroatoms. The molecule has 2 rings (SSSR count). The van der Waals surface area contributed by atoms with E-state index in [2.05, 4.69) is 19.1 Å². The molecule has 122 valence electrons. The summed E-state index contributed by atoms with van der Waals surface area (Å²) < 4.78 is 5.63. The van der Waals surface area contributed by atoms with E-state index in [1.165, 1.54) is 18.4 Å². The largest absolute Gasteiger partial charge is 0.478 e. The van der Waals surface area contributed by atoms with Crippen molar-refractivity contribution in [2.45, 2.75) is 45.6 Å². The number of hydrogen-bond donors (Lipinski definition) is 1. The summed E-state index contributed by atoms with van der Waals surface area (Å²) >= 11 is 0. The van der Waals surface area contributed by atoms with E-state index < -0.39 is 12.1 Å². The van der Waals surface area contributed by atoms with Crippen LogP contribution in [0.15, 0.2) is 48.5 Å². The fourth-order valence-corrected chi connectivity index (χ4v) is 2.40. The van der Waals surface area contributed by atoms with Crippen molar-refractivity contribution in [1.29, 1.82) is 0 Å². The highest BCUT2D eigenvalue weighted by atomic mass is 16.5. The molecule has 2 aromatic carbocycles. The normalized spacial score (nSPS) is 11.9. The highest BCUT2D eigenvalue weighted by Crippen LogP contribution is 2.16. The molecule has 0 saturated carbocycles. The summed E-state index contributed by atoms with van der Waals surface area (Å²) in [6, 6.07) is 15.6. The van der Waals surface area contributed by atoms with Gasteiger partial charge in [-0.25, -0.2) is 4.79 Å². The Kier molecular flexibility index (Phi) is 6.21. The number of benzene rings is 2. The first-order chi connectivity index (χ1) is 11.1. The van der Waals surface area contributed by atoms with E-state index >= 15 is 0 Å².